The highest BCUT2D eigenvalue weighted by atomic mass is 14.1. The Balaban J connectivity index is 3.14. The summed E-state index contributed by atoms with van der Waals surface area (Å²) in [5.74, 6) is 7.74. The fourth-order valence-corrected chi connectivity index (χ4v) is 4.35. The van der Waals surface area contributed by atoms with Crippen LogP contribution in [-0.2, 0) is 0 Å². The van der Waals surface area contributed by atoms with Gasteiger partial charge < -0.3 is 0 Å². The first kappa shape index (κ1) is 29.6. The zero-order valence-electron chi connectivity index (χ0n) is 21.5. The van der Waals surface area contributed by atoms with Gasteiger partial charge >= 0.3 is 0 Å². The van der Waals surface area contributed by atoms with E-state index in [-0.39, 0.29) is 0 Å². The maximum Gasteiger partial charge on any atom is 0.00886 e. The predicted octanol–water partition coefficient (Wildman–Crippen LogP) is 11.0. The lowest BCUT2D eigenvalue weighted by Crippen LogP contribution is -1.94. The number of unbranched alkanes of at least 4 members (excludes halogenated alkanes) is 19. The van der Waals surface area contributed by atoms with E-state index in [0.717, 1.165) is 18.8 Å². The monoisotopic (exact) mass is 418 g/mol. The van der Waals surface area contributed by atoms with E-state index in [1.165, 1.54) is 141 Å². The van der Waals surface area contributed by atoms with Crippen LogP contribution in [0.4, 0.5) is 0 Å². The SMILES string of the molecule is CCCCCCCCC#CCCCCCCCCCCCCCC(C)CCCCC. The highest BCUT2D eigenvalue weighted by Crippen LogP contribution is 2.18. The molecule has 0 aliphatic rings. The summed E-state index contributed by atoms with van der Waals surface area (Å²) >= 11 is 0. The second kappa shape index (κ2) is 26.6. The van der Waals surface area contributed by atoms with Crippen molar-refractivity contribution in [3.8, 4) is 11.8 Å². The molecule has 1 unspecified atom stereocenters. The van der Waals surface area contributed by atoms with E-state index in [1.54, 1.807) is 0 Å². The van der Waals surface area contributed by atoms with E-state index >= 15 is 0 Å². The molecule has 0 radical (unpaired) electrons. The Labute approximate surface area is 192 Å². The Bertz CT molecular complexity index is 358. The van der Waals surface area contributed by atoms with E-state index in [4.69, 9.17) is 0 Å². The first-order valence-electron chi connectivity index (χ1n) is 14.3. The lowest BCUT2D eigenvalue weighted by molar-refractivity contribution is 0.435. The molecule has 0 rings (SSSR count). The van der Waals surface area contributed by atoms with Crippen molar-refractivity contribution < 1.29 is 0 Å². The molecule has 0 N–H and O–H groups in total. The summed E-state index contributed by atoms with van der Waals surface area (Å²) in [5, 5.41) is 0. The van der Waals surface area contributed by atoms with Gasteiger partial charge in [0, 0.05) is 12.8 Å². The largest absolute Gasteiger partial charge is 0.103 e. The molecule has 0 aliphatic heterocycles. The first-order valence-corrected chi connectivity index (χ1v) is 14.3. The number of hydrogen-bond acceptors (Lipinski definition) is 0. The third-order valence-corrected chi connectivity index (χ3v) is 6.58. The minimum absolute atomic E-state index is 0.961. The molecule has 0 spiro atoms. The van der Waals surface area contributed by atoms with Crippen molar-refractivity contribution in [2.45, 2.75) is 175 Å². The molecule has 0 fully saturated rings. The average Bonchev–Trinajstić information content (AvgIpc) is 2.75. The van der Waals surface area contributed by atoms with Gasteiger partial charge in [0.25, 0.3) is 0 Å². The number of hydrogen-bond donors (Lipinski definition) is 0. The molecule has 0 heteroatoms. The molecule has 30 heavy (non-hydrogen) atoms. The Kier molecular flexibility index (Phi) is 26.2. The Hall–Kier alpha value is -0.440. The molecule has 178 valence electrons. The van der Waals surface area contributed by atoms with Gasteiger partial charge in [0.1, 0.15) is 0 Å². The second-order valence-electron chi connectivity index (χ2n) is 9.90. The lowest BCUT2D eigenvalue weighted by atomic mass is 9.96. The summed E-state index contributed by atoms with van der Waals surface area (Å²) in [5.41, 5.74) is 0. The zero-order chi connectivity index (χ0) is 22.0. The van der Waals surface area contributed by atoms with Crippen LogP contribution in [0.5, 0.6) is 0 Å². The lowest BCUT2D eigenvalue weighted by Gasteiger charge is -2.10. The van der Waals surface area contributed by atoms with Gasteiger partial charge in [-0.25, -0.2) is 0 Å². The molecule has 0 amide bonds. The Morgan fingerprint density at radius 2 is 0.700 bits per heavy atom. The summed E-state index contributed by atoms with van der Waals surface area (Å²) in [7, 11) is 0. The Morgan fingerprint density at radius 1 is 0.400 bits per heavy atom. The summed E-state index contributed by atoms with van der Waals surface area (Å²) in [4.78, 5) is 0. The standard InChI is InChI=1S/C30H58/c1-4-6-8-9-10-11-12-13-14-15-16-17-18-19-20-21-22-23-24-25-27-29-30(3)28-26-7-5-2/h30H,4-12,15-29H2,1-3H3. The highest BCUT2D eigenvalue weighted by molar-refractivity contribution is 4.98. The van der Waals surface area contributed by atoms with Crippen LogP contribution >= 0.6 is 0 Å². The van der Waals surface area contributed by atoms with Crippen LogP contribution in [0, 0.1) is 17.8 Å². The minimum atomic E-state index is 0.961. The normalized spacial score (nSPS) is 12.0. The van der Waals surface area contributed by atoms with Gasteiger partial charge in [0.2, 0.25) is 0 Å². The third-order valence-electron chi connectivity index (χ3n) is 6.58. The molecular weight excluding hydrogens is 360 g/mol. The Morgan fingerprint density at radius 3 is 1.13 bits per heavy atom. The van der Waals surface area contributed by atoms with Gasteiger partial charge in [-0.15, -0.1) is 11.8 Å². The topological polar surface area (TPSA) is 0 Å². The van der Waals surface area contributed by atoms with Crippen molar-refractivity contribution in [3.63, 3.8) is 0 Å². The van der Waals surface area contributed by atoms with Crippen LogP contribution in [0.15, 0.2) is 0 Å². The molecular formula is C30H58. The van der Waals surface area contributed by atoms with Crippen LogP contribution in [0.25, 0.3) is 0 Å². The summed E-state index contributed by atoms with van der Waals surface area (Å²) in [6.45, 7) is 7.04. The van der Waals surface area contributed by atoms with Crippen molar-refractivity contribution >= 4 is 0 Å². The van der Waals surface area contributed by atoms with E-state index in [0.29, 0.717) is 0 Å². The quantitative estimate of drug-likeness (QED) is 0.114. The van der Waals surface area contributed by atoms with Gasteiger partial charge in [-0.3, -0.25) is 0 Å². The molecule has 0 aromatic heterocycles. The molecule has 0 aliphatic carbocycles. The molecule has 0 heterocycles. The van der Waals surface area contributed by atoms with E-state index in [9.17, 15) is 0 Å². The van der Waals surface area contributed by atoms with Gasteiger partial charge in [0.15, 0.2) is 0 Å². The van der Waals surface area contributed by atoms with Gasteiger partial charge in [-0.05, 0) is 18.8 Å². The third kappa shape index (κ3) is 25.6. The van der Waals surface area contributed by atoms with E-state index in [1.807, 2.05) is 0 Å². The first-order chi connectivity index (χ1) is 14.8. The molecule has 0 aromatic carbocycles. The smallest absolute Gasteiger partial charge is 0.00886 e. The van der Waals surface area contributed by atoms with E-state index in [2.05, 4.69) is 32.6 Å². The number of rotatable bonds is 23. The highest BCUT2D eigenvalue weighted by Gasteiger charge is 2.01. The van der Waals surface area contributed by atoms with Gasteiger partial charge in [-0.1, -0.05) is 149 Å². The van der Waals surface area contributed by atoms with Crippen LogP contribution < -0.4 is 0 Å². The molecule has 0 saturated heterocycles. The van der Waals surface area contributed by atoms with Gasteiger partial charge in [-0.2, -0.15) is 0 Å². The van der Waals surface area contributed by atoms with Crippen LogP contribution in [0.3, 0.4) is 0 Å². The summed E-state index contributed by atoms with van der Waals surface area (Å²) in [6.07, 6.45) is 33.6. The van der Waals surface area contributed by atoms with Crippen LogP contribution in [0.2, 0.25) is 0 Å². The van der Waals surface area contributed by atoms with Crippen LogP contribution in [-0.4, -0.2) is 0 Å². The molecule has 0 saturated carbocycles. The van der Waals surface area contributed by atoms with Crippen molar-refractivity contribution in [2.24, 2.45) is 5.92 Å². The van der Waals surface area contributed by atoms with Crippen molar-refractivity contribution in [1.29, 1.82) is 0 Å². The summed E-state index contributed by atoms with van der Waals surface area (Å²) < 4.78 is 0. The molecule has 0 nitrogen and oxygen atoms in total. The summed E-state index contributed by atoms with van der Waals surface area (Å²) in [6, 6.07) is 0. The second-order valence-corrected chi connectivity index (χ2v) is 9.90. The average molecular weight is 419 g/mol. The molecule has 0 bridgehead atoms. The molecule has 0 aromatic rings. The predicted molar refractivity (Wildman–Crippen MR) is 139 cm³/mol. The van der Waals surface area contributed by atoms with E-state index < -0.39 is 0 Å². The maximum absolute atomic E-state index is 3.39. The fraction of sp³-hybridized carbons (Fsp3) is 0.933. The fourth-order valence-electron chi connectivity index (χ4n) is 4.35. The molecule has 1 atom stereocenters. The van der Waals surface area contributed by atoms with Crippen molar-refractivity contribution in [1.82, 2.24) is 0 Å². The van der Waals surface area contributed by atoms with Crippen molar-refractivity contribution in [2.75, 3.05) is 0 Å². The minimum Gasteiger partial charge on any atom is -0.103 e. The van der Waals surface area contributed by atoms with Crippen molar-refractivity contribution in [3.05, 3.63) is 0 Å². The van der Waals surface area contributed by atoms with Crippen LogP contribution in [0.1, 0.15) is 175 Å². The zero-order valence-corrected chi connectivity index (χ0v) is 21.5. The van der Waals surface area contributed by atoms with Gasteiger partial charge in [0.05, 0.1) is 0 Å². The maximum atomic E-state index is 3.39.